The summed E-state index contributed by atoms with van der Waals surface area (Å²) in [6.45, 7) is 0.153. The van der Waals surface area contributed by atoms with Crippen LogP contribution in [0.3, 0.4) is 0 Å². The van der Waals surface area contributed by atoms with Crippen molar-refractivity contribution in [2.75, 3.05) is 13.7 Å². The fourth-order valence-electron chi connectivity index (χ4n) is 2.56. The van der Waals surface area contributed by atoms with E-state index in [4.69, 9.17) is 9.47 Å². The third kappa shape index (κ3) is 5.55. The first-order chi connectivity index (χ1) is 14.0. The number of ether oxygens (including phenoxy) is 2. The fraction of sp³-hybridized carbons (Fsp3) is 0.136. The Morgan fingerprint density at radius 2 is 1.41 bits per heavy atom. The van der Waals surface area contributed by atoms with Crippen molar-refractivity contribution in [3.63, 3.8) is 0 Å². The molecule has 0 fully saturated rings. The first kappa shape index (κ1) is 19.9. The van der Waals surface area contributed by atoms with Crippen LogP contribution in [0.1, 0.15) is 5.56 Å². The summed E-state index contributed by atoms with van der Waals surface area (Å²) in [6.07, 6.45) is 2.23. The van der Waals surface area contributed by atoms with E-state index in [1.807, 2.05) is 30.3 Å². The van der Waals surface area contributed by atoms with Gasteiger partial charge in [0, 0.05) is 19.2 Å². The molecule has 0 unspecified atom stereocenters. The standard InChI is InChI=1S/C22H20N2O5/c1-23-18-11-21(26)19(12-20(18)25)24-22(27)14-29-17-9-7-16(8-10-17)28-13-15-5-3-2-4-6-15/h2-12,23H,13-14H2,1H3,(H,24,27). The fourth-order valence-corrected chi connectivity index (χ4v) is 2.56. The van der Waals surface area contributed by atoms with E-state index in [0.29, 0.717) is 18.1 Å². The van der Waals surface area contributed by atoms with E-state index in [1.54, 1.807) is 31.3 Å². The number of hydrogen-bond donors (Lipinski definition) is 2. The second kappa shape index (κ2) is 9.36. The molecule has 0 bridgehead atoms. The Kier molecular flexibility index (Phi) is 6.42. The lowest BCUT2D eigenvalue weighted by Crippen LogP contribution is -2.34. The van der Waals surface area contributed by atoms with E-state index in [9.17, 15) is 14.4 Å². The van der Waals surface area contributed by atoms with E-state index in [2.05, 4.69) is 10.6 Å². The lowest BCUT2D eigenvalue weighted by molar-refractivity contribution is -0.124. The summed E-state index contributed by atoms with van der Waals surface area (Å²) in [5.41, 5.74) is 1.16. The molecular formula is C22H20N2O5. The van der Waals surface area contributed by atoms with Gasteiger partial charge in [0.15, 0.2) is 6.61 Å². The zero-order chi connectivity index (χ0) is 20.6. The Labute approximate surface area is 168 Å². The molecule has 0 aromatic heterocycles. The van der Waals surface area contributed by atoms with Gasteiger partial charge in [0.05, 0.1) is 11.4 Å². The molecular weight excluding hydrogens is 372 g/mol. The van der Waals surface area contributed by atoms with E-state index < -0.39 is 11.7 Å². The second-order valence-electron chi connectivity index (χ2n) is 6.18. The van der Waals surface area contributed by atoms with Gasteiger partial charge in [-0.1, -0.05) is 30.3 Å². The molecule has 0 saturated carbocycles. The molecule has 3 rings (SSSR count). The number of hydrogen-bond acceptors (Lipinski definition) is 6. The van der Waals surface area contributed by atoms with E-state index in [1.165, 1.54) is 0 Å². The molecule has 2 N–H and O–H groups in total. The highest BCUT2D eigenvalue weighted by Crippen LogP contribution is 2.18. The maximum Gasteiger partial charge on any atom is 0.262 e. The summed E-state index contributed by atoms with van der Waals surface area (Å²) >= 11 is 0. The maximum atomic E-state index is 12.0. The molecule has 1 aliphatic rings. The van der Waals surface area contributed by atoms with E-state index in [-0.39, 0.29) is 23.8 Å². The van der Waals surface area contributed by atoms with Crippen LogP contribution >= 0.6 is 0 Å². The van der Waals surface area contributed by atoms with Crippen LogP contribution < -0.4 is 20.1 Å². The first-order valence-corrected chi connectivity index (χ1v) is 8.94. The zero-order valence-electron chi connectivity index (χ0n) is 15.8. The molecule has 1 amide bonds. The quantitative estimate of drug-likeness (QED) is 0.667. The number of likely N-dealkylation sites (N-methyl/N-ethyl adjacent to an activating group) is 1. The Balaban J connectivity index is 1.47. The number of nitrogens with one attached hydrogen (secondary N) is 2. The molecule has 2 aromatic carbocycles. The molecule has 0 aliphatic heterocycles. The Morgan fingerprint density at radius 3 is 2.07 bits per heavy atom. The zero-order valence-corrected chi connectivity index (χ0v) is 15.8. The third-order valence-corrected chi connectivity index (χ3v) is 4.07. The minimum atomic E-state index is -0.539. The van der Waals surface area contributed by atoms with Crippen LogP contribution in [0.2, 0.25) is 0 Å². The number of carbonyl (C=O) groups excluding carboxylic acids is 3. The van der Waals surface area contributed by atoms with Gasteiger partial charge >= 0.3 is 0 Å². The first-order valence-electron chi connectivity index (χ1n) is 8.94. The number of rotatable bonds is 8. The van der Waals surface area contributed by atoms with Crippen molar-refractivity contribution >= 4 is 17.5 Å². The SMILES string of the molecule is CNC1=CC(=O)C(NC(=O)COc2ccc(OCc3ccccc3)cc2)=CC1=O. The van der Waals surface area contributed by atoms with Crippen molar-refractivity contribution in [1.29, 1.82) is 0 Å². The van der Waals surface area contributed by atoms with Crippen molar-refractivity contribution in [2.45, 2.75) is 6.61 Å². The molecule has 0 saturated heterocycles. The van der Waals surface area contributed by atoms with Gasteiger partial charge in [-0.15, -0.1) is 0 Å². The van der Waals surface area contributed by atoms with Crippen LogP contribution in [0.5, 0.6) is 11.5 Å². The Hall–Kier alpha value is -3.87. The van der Waals surface area contributed by atoms with Gasteiger partial charge in [0.1, 0.15) is 18.1 Å². The summed E-state index contributed by atoms with van der Waals surface area (Å²) in [4.78, 5) is 35.7. The van der Waals surface area contributed by atoms with Crippen LogP contribution in [0, 0.1) is 0 Å². The number of carbonyl (C=O) groups is 3. The molecule has 0 spiro atoms. The van der Waals surface area contributed by atoms with Gasteiger partial charge in [-0.25, -0.2) is 0 Å². The monoisotopic (exact) mass is 392 g/mol. The smallest absolute Gasteiger partial charge is 0.262 e. The Bertz CT molecular complexity index is 962. The number of ketones is 2. The van der Waals surface area contributed by atoms with Gasteiger partial charge in [0.25, 0.3) is 5.91 Å². The van der Waals surface area contributed by atoms with Crippen LogP contribution in [-0.4, -0.2) is 31.1 Å². The summed E-state index contributed by atoms with van der Waals surface area (Å²) in [5, 5.41) is 5.02. The van der Waals surface area contributed by atoms with Crippen molar-refractivity contribution < 1.29 is 23.9 Å². The summed E-state index contributed by atoms with van der Waals surface area (Å²) in [7, 11) is 1.54. The molecule has 1 aliphatic carbocycles. The molecule has 0 atom stereocenters. The predicted octanol–water partition coefficient (Wildman–Crippen LogP) is 1.90. The lowest BCUT2D eigenvalue weighted by atomic mass is 10.1. The van der Waals surface area contributed by atoms with Crippen LogP contribution in [-0.2, 0) is 21.0 Å². The third-order valence-electron chi connectivity index (χ3n) is 4.07. The van der Waals surface area contributed by atoms with E-state index in [0.717, 1.165) is 17.7 Å². The largest absolute Gasteiger partial charge is 0.489 e. The van der Waals surface area contributed by atoms with Crippen LogP contribution in [0.25, 0.3) is 0 Å². The van der Waals surface area contributed by atoms with Crippen molar-refractivity contribution in [3.8, 4) is 11.5 Å². The summed E-state index contributed by atoms with van der Waals surface area (Å²) < 4.78 is 11.1. The van der Waals surface area contributed by atoms with Crippen molar-refractivity contribution in [3.05, 3.63) is 83.7 Å². The molecule has 7 heteroatoms. The number of benzene rings is 2. The lowest BCUT2D eigenvalue weighted by Gasteiger charge is -2.13. The molecule has 148 valence electrons. The molecule has 0 heterocycles. The second-order valence-corrected chi connectivity index (χ2v) is 6.18. The van der Waals surface area contributed by atoms with Gasteiger partial charge in [-0.05, 0) is 29.8 Å². The van der Waals surface area contributed by atoms with Gasteiger partial charge in [-0.2, -0.15) is 0 Å². The minimum Gasteiger partial charge on any atom is -0.489 e. The predicted molar refractivity (Wildman–Crippen MR) is 106 cm³/mol. The van der Waals surface area contributed by atoms with Crippen LogP contribution in [0.4, 0.5) is 0 Å². The normalized spacial score (nSPS) is 13.3. The molecule has 0 radical (unpaired) electrons. The van der Waals surface area contributed by atoms with Gasteiger partial charge in [0.2, 0.25) is 11.6 Å². The summed E-state index contributed by atoms with van der Waals surface area (Å²) in [5.74, 6) is -0.224. The average Bonchev–Trinajstić information content (AvgIpc) is 2.74. The number of amides is 1. The van der Waals surface area contributed by atoms with Gasteiger partial charge < -0.3 is 20.1 Å². The van der Waals surface area contributed by atoms with Crippen molar-refractivity contribution in [2.24, 2.45) is 0 Å². The molecule has 7 nitrogen and oxygen atoms in total. The topological polar surface area (TPSA) is 93.7 Å². The highest BCUT2D eigenvalue weighted by atomic mass is 16.5. The highest BCUT2D eigenvalue weighted by Gasteiger charge is 2.21. The highest BCUT2D eigenvalue weighted by molar-refractivity contribution is 6.20. The van der Waals surface area contributed by atoms with Gasteiger partial charge in [-0.3, -0.25) is 14.4 Å². The molecule has 29 heavy (non-hydrogen) atoms. The average molecular weight is 392 g/mol. The minimum absolute atomic E-state index is 0.0766. The maximum absolute atomic E-state index is 12.0. The number of allylic oxidation sites excluding steroid dienone is 2. The summed E-state index contributed by atoms with van der Waals surface area (Å²) in [6, 6.07) is 16.6. The van der Waals surface area contributed by atoms with Crippen LogP contribution in [0.15, 0.2) is 78.1 Å². The van der Waals surface area contributed by atoms with Crippen molar-refractivity contribution in [1.82, 2.24) is 10.6 Å². The van der Waals surface area contributed by atoms with E-state index >= 15 is 0 Å². The molecule has 2 aromatic rings. The Morgan fingerprint density at radius 1 is 0.828 bits per heavy atom.